The Morgan fingerprint density at radius 2 is 2.12 bits per heavy atom. The summed E-state index contributed by atoms with van der Waals surface area (Å²) in [6.45, 7) is 5.08. The topological polar surface area (TPSA) is 56.1 Å². The average Bonchev–Trinajstić information content (AvgIpc) is 2.33. The Morgan fingerprint density at radius 3 is 2.59 bits per heavy atom. The third-order valence-corrected chi connectivity index (χ3v) is 2.70. The van der Waals surface area contributed by atoms with Gasteiger partial charge in [-0.05, 0) is 32.0 Å². The maximum Gasteiger partial charge on any atom is 0.321 e. The number of hydrogen-bond acceptors (Lipinski definition) is 2. The van der Waals surface area contributed by atoms with Crippen molar-refractivity contribution in [2.75, 3.05) is 18.4 Å². The molecule has 1 N–H and O–H groups in total. The lowest BCUT2D eigenvalue weighted by atomic mass is 10.2. The fraction of sp³-hybridized carbons (Fsp3) is 0.333. The number of nitrogens with one attached hydrogen (secondary N) is 1. The van der Waals surface area contributed by atoms with E-state index in [1.165, 1.54) is 6.07 Å². The molecule has 0 fully saturated rings. The first-order chi connectivity index (χ1) is 8.12. The summed E-state index contributed by atoms with van der Waals surface area (Å²) in [6, 6.07) is 6.56. The van der Waals surface area contributed by atoms with Gasteiger partial charge >= 0.3 is 6.03 Å². The number of halogens is 1. The number of anilines is 1. The van der Waals surface area contributed by atoms with Gasteiger partial charge in [-0.15, -0.1) is 0 Å². The molecule has 5 heteroatoms. The molecule has 0 heterocycles. The van der Waals surface area contributed by atoms with E-state index in [9.17, 15) is 4.79 Å². The van der Waals surface area contributed by atoms with Crippen molar-refractivity contribution in [3.63, 3.8) is 0 Å². The van der Waals surface area contributed by atoms with Gasteiger partial charge < -0.3 is 10.2 Å². The Balaban J connectivity index is 2.82. The maximum atomic E-state index is 11.8. The van der Waals surface area contributed by atoms with Gasteiger partial charge in [-0.3, -0.25) is 0 Å². The fourth-order valence-electron chi connectivity index (χ4n) is 1.39. The molecule has 2 amide bonds. The van der Waals surface area contributed by atoms with E-state index in [-0.39, 0.29) is 6.03 Å². The number of hydrogen-bond donors (Lipinski definition) is 1. The van der Waals surface area contributed by atoms with E-state index in [1.807, 2.05) is 19.9 Å². The molecule has 0 unspecified atom stereocenters. The smallest absolute Gasteiger partial charge is 0.321 e. The molecule has 0 aliphatic carbocycles. The van der Waals surface area contributed by atoms with Crippen LogP contribution < -0.4 is 5.32 Å². The predicted octanol–water partition coefficient (Wildman–Crippen LogP) is 3.09. The Kier molecular flexibility index (Phi) is 4.80. The summed E-state index contributed by atoms with van der Waals surface area (Å²) < 4.78 is 0. The highest BCUT2D eigenvalue weighted by atomic mass is 35.5. The van der Waals surface area contributed by atoms with Crippen LogP contribution in [0.5, 0.6) is 0 Å². The molecule has 0 saturated heterocycles. The van der Waals surface area contributed by atoms with Crippen molar-refractivity contribution in [1.82, 2.24) is 4.90 Å². The largest absolute Gasteiger partial charge is 0.325 e. The highest BCUT2D eigenvalue weighted by molar-refractivity contribution is 6.33. The van der Waals surface area contributed by atoms with Crippen LogP contribution in [0, 0.1) is 11.3 Å². The third kappa shape index (κ3) is 3.36. The Hall–Kier alpha value is -1.73. The van der Waals surface area contributed by atoms with Crippen LogP contribution in [0.4, 0.5) is 10.5 Å². The zero-order valence-corrected chi connectivity index (χ0v) is 10.6. The minimum atomic E-state index is -0.193. The van der Waals surface area contributed by atoms with E-state index in [1.54, 1.807) is 17.0 Å². The Bertz CT molecular complexity index is 450. The molecule has 1 aromatic rings. The molecule has 1 rings (SSSR count). The van der Waals surface area contributed by atoms with Gasteiger partial charge in [0.2, 0.25) is 0 Å². The van der Waals surface area contributed by atoms with Crippen molar-refractivity contribution in [3.05, 3.63) is 28.8 Å². The van der Waals surface area contributed by atoms with Gasteiger partial charge in [0.25, 0.3) is 0 Å². The van der Waals surface area contributed by atoms with Crippen molar-refractivity contribution in [3.8, 4) is 6.07 Å². The predicted molar refractivity (Wildman–Crippen MR) is 68.1 cm³/mol. The summed E-state index contributed by atoms with van der Waals surface area (Å²) in [6.07, 6.45) is 0. The van der Waals surface area contributed by atoms with Crippen LogP contribution in [0.1, 0.15) is 19.4 Å². The van der Waals surface area contributed by atoms with E-state index >= 15 is 0 Å². The molecule has 0 spiro atoms. The second-order valence-electron chi connectivity index (χ2n) is 3.41. The number of nitriles is 1. The van der Waals surface area contributed by atoms with E-state index in [0.717, 1.165) is 0 Å². The standard InChI is InChI=1S/C12H14ClN3O/c1-3-16(4-2)12(17)15-11-6-5-9(8-14)7-10(11)13/h5-7H,3-4H2,1-2H3,(H,15,17). The van der Waals surface area contributed by atoms with Crippen LogP contribution in [0.2, 0.25) is 5.02 Å². The number of rotatable bonds is 3. The average molecular weight is 252 g/mol. The maximum absolute atomic E-state index is 11.8. The first kappa shape index (κ1) is 13.3. The lowest BCUT2D eigenvalue weighted by Crippen LogP contribution is -2.34. The molecular weight excluding hydrogens is 238 g/mol. The molecule has 4 nitrogen and oxygen atoms in total. The van der Waals surface area contributed by atoms with Crippen LogP contribution in [0.15, 0.2) is 18.2 Å². The van der Waals surface area contributed by atoms with Crippen molar-refractivity contribution in [1.29, 1.82) is 5.26 Å². The number of carbonyl (C=O) groups is 1. The minimum Gasteiger partial charge on any atom is -0.325 e. The number of nitrogens with zero attached hydrogens (tertiary/aromatic N) is 2. The van der Waals surface area contributed by atoms with Crippen LogP contribution in [0.3, 0.4) is 0 Å². The number of amides is 2. The SMILES string of the molecule is CCN(CC)C(=O)Nc1ccc(C#N)cc1Cl. The van der Waals surface area contributed by atoms with Gasteiger partial charge in [0.15, 0.2) is 0 Å². The molecule has 1 aromatic carbocycles. The Morgan fingerprint density at radius 1 is 1.47 bits per heavy atom. The zero-order chi connectivity index (χ0) is 12.8. The number of carbonyl (C=O) groups excluding carboxylic acids is 1. The van der Waals surface area contributed by atoms with E-state index < -0.39 is 0 Å². The van der Waals surface area contributed by atoms with Crippen molar-refractivity contribution < 1.29 is 4.79 Å². The molecule has 0 saturated carbocycles. The molecule has 0 aromatic heterocycles. The van der Waals surface area contributed by atoms with Crippen molar-refractivity contribution >= 4 is 23.3 Å². The quantitative estimate of drug-likeness (QED) is 0.898. The molecule has 17 heavy (non-hydrogen) atoms. The molecule has 0 radical (unpaired) electrons. The van der Waals surface area contributed by atoms with Crippen LogP contribution in [-0.2, 0) is 0 Å². The van der Waals surface area contributed by atoms with E-state index in [4.69, 9.17) is 16.9 Å². The summed E-state index contributed by atoms with van der Waals surface area (Å²) in [5, 5.41) is 11.8. The van der Waals surface area contributed by atoms with Crippen LogP contribution >= 0.6 is 11.6 Å². The summed E-state index contributed by atoms with van der Waals surface area (Å²) in [7, 11) is 0. The molecule has 0 aliphatic heterocycles. The first-order valence-electron chi connectivity index (χ1n) is 5.38. The lowest BCUT2D eigenvalue weighted by molar-refractivity contribution is 0.217. The van der Waals surface area contributed by atoms with Gasteiger partial charge in [-0.1, -0.05) is 11.6 Å². The normalized spacial score (nSPS) is 9.53. The van der Waals surface area contributed by atoms with Gasteiger partial charge in [0.1, 0.15) is 0 Å². The van der Waals surface area contributed by atoms with Gasteiger partial charge in [0.05, 0.1) is 22.3 Å². The van der Waals surface area contributed by atoms with E-state index in [0.29, 0.717) is 29.4 Å². The molecule has 0 atom stereocenters. The molecular formula is C12H14ClN3O. The minimum absolute atomic E-state index is 0.193. The van der Waals surface area contributed by atoms with Crippen LogP contribution in [0.25, 0.3) is 0 Å². The molecule has 0 bridgehead atoms. The second-order valence-corrected chi connectivity index (χ2v) is 3.82. The number of benzene rings is 1. The second kappa shape index (κ2) is 6.12. The third-order valence-electron chi connectivity index (χ3n) is 2.39. The van der Waals surface area contributed by atoms with Gasteiger partial charge in [-0.2, -0.15) is 5.26 Å². The van der Waals surface area contributed by atoms with E-state index in [2.05, 4.69) is 5.32 Å². The van der Waals surface area contributed by atoms with Crippen molar-refractivity contribution in [2.45, 2.75) is 13.8 Å². The molecule has 0 aliphatic rings. The highest BCUT2D eigenvalue weighted by Gasteiger charge is 2.11. The molecule has 90 valence electrons. The Labute approximate surface area is 106 Å². The van der Waals surface area contributed by atoms with Crippen molar-refractivity contribution in [2.24, 2.45) is 0 Å². The fourth-order valence-corrected chi connectivity index (χ4v) is 1.62. The monoisotopic (exact) mass is 251 g/mol. The first-order valence-corrected chi connectivity index (χ1v) is 5.75. The summed E-state index contributed by atoms with van der Waals surface area (Å²) in [4.78, 5) is 13.4. The number of urea groups is 1. The van der Waals surface area contributed by atoms with Gasteiger partial charge in [0, 0.05) is 13.1 Å². The summed E-state index contributed by atoms with van der Waals surface area (Å²) >= 11 is 5.96. The summed E-state index contributed by atoms with van der Waals surface area (Å²) in [5.74, 6) is 0. The summed E-state index contributed by atoms with van der Waals surface area (Å²) in [5.41, 5.74) is 0.985. The zero-order valence-electron chi connectivity index (χ0n) is 9.83. The van der Waals surface area contributed by atoms with Gasteiger partial charge in [-0.25, -0.2) is 4.79 Å². The highest BCUT2D eigenvalue weighted by Crippen LogP contribution is 2.23. The lowest BCUT2D eigenvalue weighted by Gasteiger charge is -2.19. The van der Waals surface area contributed by atoms with Crippen LogP contribution in [-0.4, -0.2) is 24.0 Å².